The van der Waals surface area contributed by atoms with Crippen molar-refractivity contribution in [2.24, 2.45) is 7.05 Å². The summed E-state index contributed by atoms with van der Waals surface area (Å²) in [6.07, 6.45) is 2.14. The minimum Gasteiger partial charge on any atom is -0.491 e. The van der Waals surface area contributed by atoms with Crippen LogP contribution in [-0.2, 0) is 7.05 Å². The molecule has 0 fully saturated rings. The summed E-state index contributed by atoms with van der Waals surface area (Å²) in [4.78, 5) is 0. The predicted molar refractivity (Wildman–Crippen MR) is 85.7 cm³/mol. The lowest BCUT2D eigenvalue weighted by Crippen LogP contribution is -2.22. The normalized spacial score (nSPS) is 12.7. The van der Waals surface area contributed by atoms with Crippen molar-refractivity contribution in [1.82, 2.24) is 15.1 Å². The van der Waals surface area contributed by atoms with Crippen LogP contribution in [0.25, 0.3) is 0 Å². The van der Waals surface area contributed by atoms with E-state index in [0.717, 1.165) is 12.3 Å². The zero-order valence-electron chi connectivity index (χ0n) is 13.6. The van der Waals surface area contributed by atoms with Crippen LogP contribution in [0.5, 0.6) is 5.75 Å². The molecule has 114 valence electrons. The van der Waals surface area contributed by atoms with E-state index in [1.807, 2.05) is 43.9 Å². The summed E-state index contributed by atoms with van der Waals surface area (Å²) in [5, 5.41) is 7.89. The quantitative estimate of drug-likeness (QED) is 0.886. The summed E-state index contributed by atoms with van der Waals surface area (Å²) >= 11 is 0. The van der Waals surface area contributed by atoms with Gasteiger partial charge in [0.2, 0.25) is 0 Å². The second-order valence-electron chi connectivity index (χ2n) is 5.54. The van der Waals surface area contributed by atoms with Gasteiger partial charge >= 0.3 is 0 Å². The second kappa shape index (κ2) is 6.76. The highest BCUT2D eigenvalue weighted by molar-refractivity contribution is 5.36. The fraction of sp³-hybridized carbons (Fsp3) is 0.471. The van der Waals surface area contributed by atoms with E-state index < -0.39 is 0 Å². The zero-order chi connectivity index (χ0) is 15.4. The van der Waals surface area contributed by atoms with Crippen LogP contribution in [0.4, 0.5) is 0 Å². The first-order valence-corrected chi connectivity index (χ1v) is 7.51. The van der Waals surface area contributed by atoms with Gasteiger partial charge < -0.3 is 10.1 Å². The minimum atomic E-state index is 0.164. The molecule has 2 rings (SSSR count). The van der Waals surface area contributed by atoms with Crippen LogP contribution in [0.15, 0.2) is 30.5 Å². The van der Waals surface area contributed by atoms with E-state index in [-0.39, 0.29) is 12.1 Å². The molecule has 4 heteroatoms. The Morgan fingerprint density at radius 2 is 1.90 bits per heavy atom. The van der Waals surface area contributed by atoms with E-state index >= 15 is 0 Å². The summed E-state index contributed by atoms with van der Waals surface area (Å²) in [5.74, 6) is 0.909. The molecule has 1 unspecified atom stereocenters. The molecule has 0 spiro atoms. The second-order valence-corrected chi connectivity index (χ2v) is 5.54. The maximum atomic E-state index is 5.71. The van der Waals surface area contributed by atoms with Crippen LogP contribution in [0.2, 0.25) is 0 Å². The van der Waals surface area contributed by atoms with E-state index in [9.17, 15) is 0 Å². The van der Waals surface area contributed by atoms with Crippen molar-refractivity contribution >= 4 is 0 Å². The smallest absolute Gasteiger partial charge is 0.119 e. The third kappa shape index (κ3) is 3.64. The molecule has 1 aromatic heterocycles. The number of nitrogens with one attached hydrogen (secondary N) is 1. The standard InChI is InChI=1S/C17H25N3O/c1-6-18-17(16-11-19-20(5)13(16)4)14-7-9-15(10-8-14)21-12(2)3/h7-12,17-18H,6H2,1-5H3. The molecule has 0 aliphatic heterocycles. The van der Waals surface area contributed by atoms with Gasteiger partial charge in [0.05, 0.1) is 18.3 Å². The van der Waals surface area contributed by atoms with E-state index in [1.165, 1.54) is 16.8 Å². The van der Waals surface area contributed by atoms with Gasteiger partial charge in [0.15, 0.2) is 0 Å². The lowest BCUT2D eigenvalue weighted by atomic mass is 9.99. The molecule has 0 radical (unpaired) electrons. The summed E-state index contributed by atoms with van der Waals surface area (Å²) in [7, 11) is 1.97. The lowest BCUT2D eigenvalue weighted by molar-refractivity contribution is 0.242. The molecule has 0 bridgehead atoms. The molecular weight excluding hydrogens is 262 g/mol. The van der Waals surface area contributed by atoms with Gasteiger partial charge in [-0.05, 0) is 45.0 Å². The third-order valence-corrected chi connectivity index (χ3v) is 3.58. The van der Waals surface area contributed by atoms with Crippen molar-refractivity contribution in [3.63, 3.8) is 0 Å². The fourth-order valence-corrected chi connectivity index (χ4v) is 2.42. The number of hydrogen-bond donors (Lipinski definition) is 1. The number of aryl methyl sites for hydroxylation is 1. The molecule has 0 aliphatic rings. The van der Waals surface area contributed by atoms with Gasteiger partial charge in [0.1, 0.15) is 5.75 Å². The Morgan fingerprint density at radius 3 is 2.38 bits per heavy atom. The van der Waals surface area contributed by atoms with Gasteiger partial charge in [-0.3, -0.25) is 4.68 Å². The molecule has 0 aliphatic carbocycles. The van der Waals surface area contributed by atoms with E-state index in [1.54, 1.807) is 0 Å². The SMILES string of the molecule is CCNC(c1ccc(OC(C)C)cc1)c1cnn(C)c1C. The Hall–Kier alpha value is -1.81. The molecule has 1 atom stereocenters. The van der Waals surface area contributed by atoms with Crippen LogP contribution in [0.3, 0.4) is 0 Å². The molecule has 21 heavy (non-hydrogen) atoms. The first-order valence-electron chi connectivity index (χ1n) is 7.51. The number of nitrogens with zero attached hydrogens (tertiary/aromatic N) is 2. The van der Waals surface area contributed by atoms with Gasteiger partial charge in [0, 0.05) is 18.3 Å². The van der Waals surface area contributed by atoms with Crippen LogP contribution in [0, 0.1) is 6.92 Å². The van der Waals surface area contributed by atoms with Crippen molar-refractivity contribution in [2.75, 3.05) is 6.54 Å². The van der Waals surface area contributed by atoms with Gasteiger partial charge in [-0.15, -0.1) is 0 Å². The van der Waals surface area contributed by atoms with Gasteiger partial charge in [0.25, 0.3) is 0 Å². The molecule has 1 N–H and O–H groups in total. The Balaban J connectivity index is 2.28. The van der Waals surface area contributed by atoms with E-state index in [4.69, 9.17) is 4.74 Å². The highest BCUT2D eigenvalue weighted by Gasteiger charge is 2.17. The first kappa shape index (κ1) is 15.6. The number of benzene rings is 1. The van der Waals surface area contributed by atoms with E-state index in [0.29, 0.717) is 0 Å². The lowest BCUT2D eigenvalue weighted by Gasteiger charge is -2.19. The fourth-order valence-electron chi connectivity index (χ4n) is 2.42. The summed E-state index contributed by atoms with van der Waals surface area (Å²) in [6, 6.07) is 8.47. The molecule has 2 aromatic rings. The highest BCUT2D eigenvalue weighted by atomic mass is 16.5. The summed E-state index contributed by atoms with van der Waals surface area (Å²) in [6.45, 7) is 9.20. The molecular formula is C17H25N3O. The molecule has 0 amide bonds. The molecule has 4 nitrogen and oxygen atoms in total. The van der Waals surface area contributed by atoms with Crippen LogP contribution in [0.1, 0.15) is 43.6 Å². The Morgan fingerprint density at radius 1 is 1.24 bits per heavy atom. The first-order chi connectivity index (χ1) is 10.0. The number of aromatic nitrogens is 2. The maximum absolute atomic E-state index is 5.71. The van der Waals surface area contributed by atoms with Gasteiger partial charge in [-0.1, -0.05) is 19.1 Å². The Bertz CT molecular complexity index is 572. The maximum Gasteiger partial charge on any atom is 0.119 e. The average molecular weight is 287 g/mol. The monoisotopic (exact) mass is 287 g/mol. The van der Waals surface area contributed by atoms with Gasteiger partial charge in [-0.25, -0.2) is 0 Å². The minimum absolute atomic E-state index is 0.164. The van der Waals surface area contributed by atoms with Crippen molar-refractivity contribution in [3.8, 4) is 5.75 Å². The molecule has 1 aromatic carbocycles. The summed E-state index contributed by atoms with van der Waals surface area (Å²) in [5.41, 5.74) is 3.63. The van der Waals surface area contributed by atoms with E-state index in [2.05, 4.69) is 36.4 Å². The van der Waals surface area contributed by atoms with Crippen LogP contribution < -0.4 is 10.1 Å². The Kier molecular flexibility index (Phi) is 5.02. The topological polar surface area (TPSA) is 39.1 Å². The van der Waals surface area contributed by atoms with Crippen LogP contribution in [-0.4, -0.2) is 22.4 Å². The Labute approximate surface area is 127 Å². The van der Waals surface area contributed by atoms with Crippen molar-refractivity contribution in [2.45, 2.75) is 39.8 Å². The average Bonchev–Trinajstić information content (AvgIpc) is 2.77. The molecule has 1 heterocycles. The number of rotatable bonds is 6. The molecule has 0 saturated carbocycles. The van der Waals surface area contributed by atoms with Crippen molar-refractivity contribution < 1.29 is 4.74 Å². The summed E-state index contributed by atoms with van der Waals surface area (Å²) < 4.78 is 7.62. The zero-order valence-corrected chi connectivity index (χ0v) is 13.6. The van der Waals surface area contributed by atoms with Crippen molar-refractivity contribution in [3.05, 3.63) is 47.3 Å². The third-order valence-electron chi connectivity index (χ3n) is 3.58. The largest absolute Gasteiger partial charge is 0.491 e. The highest BCUT2D eigenvalue weighted by Crippen LogP contribution is 2.26. The van der Waals surface area contributed by atoms with Gasteiger partial charge in [-0.2, -0.15) is 5.10 Å². The van der Waals surface area contributed by atoms with Crippen LogP contribution >= 0.6 is 0 Å². The number of hydrogen-bond acceptors (Lipinski definition) is 3. The number of ether oxygens (including phenoxy) is 1. The molecule has 0 saturated heterocycles. The predicted octanol–water partition coefficient (Wildman–Crippen LogP) is 3.21. The van der Waals surface area contributed by atoms with Crippen molar-refractivity contribution in [1.29, 1.82) is 0 Å².